The van der Waals surface area contributed by atoms with Gasteiger partial charge in [-0.25, -0.2) is 23.3 Å². The van der Waals surface area contributed by atoms with Gasteiger partial charge >= 0.3 is 82.6 Å². The number of imidazole rings is 2. The van der Waals surface area contributed by atoms with Crippen molar-refractivity contribution in [1.29, 1.82) is 0 Å². The van der Waals surface area contributed by atoms with E-state index in [0.717, 1.165) is 75.1 Å². The molecular formula is C42H62Ag4Cl2N10O. The second-order valence-corrected chi connectivity index (χ2v) is 13.9. The molecule has 1 radical (unpaired) electrons. The van der Waals surface area contributed by atoms with E-state index in [9.17, 15) is 0 Å². The van der Waals surface area contributed by atoms with E-state index in [1.54, 1.807) is 21.0 Å². The van der Waals surface area contributed by atoms with Crippen LogP contribution in [0.5, 0.6) is 0 Å². The first-order valence-electron chi connectivity index (χ1n) is 20.0. The van der Waals surface area contributed by atoms with Crippen molar-refractivity contribution in [3.05, 3.63) is 135 Å². The summed E-state index contributed by atoms with van der Waals surface area (Å²) in [4.78, 5) is 18.6. The van der Waals surface area contributed by atoms with Crippen LogP contribution in [0.3, 0.4) is 0 Å². The predicted octanol–water partition coefficient (Wildman–Crippen LogP) is 8.30. The first-order valence-corrected chi connectivity index (χ1v) is 24.4. The fraction of sp³-hybridized carbons (Fsp3) is 0.476. The summed E-state index contributed by atoms with van der Waals surface area (Å²) < 4.78 is 17.0. The van der Waals surface area contributed by atoms with Crippen molar-refractivity contribution in [3.63, 3.8) is 0 Å². The number of hydrogen-bond donors (Lipinski definition) is 0. The van der Waals surface area contributed by atoms with Crippen molar-refractivity contribution < 1.29 is 95.8 Å². The third kappa shape index (κ3) is 22.6. The van der Waals surface area contributed by atoms with Crippen molar-refractivity contribution in [2.24, 2.45) is 0 Å². The summed E-state index contributed by atoms with van der Waals surface area (Å²) in [6.07, 6.45) is 31.2. The molecule has 0 spiro atoms. The van der Waals surface area contributed by atoms with Gasteiger partial charge in [-0.05, 0) is 87.8 Å². The number of aromatic nitrogens is 6. The Morgan fingerprint density at radius 1 is 0.542 bits per heavy atom. The van der Waals surface area contributed by atoms with Crippen LogP contribution in [-0.4, -0.2) is 51.8 Å². The van der Waals surface area contributed by atoms with Crippen molar-refractivity contribution in [2.45, 2.75) is 118 Å². The zero-order valence-electron chi connectivity index (χ0n) is 34.5. The van der Waals surface area contributed by atoms with Crippen molar-refractivity contribution in [3.8, 4) is 0 Å². The van der Waals surface area contributed by atoms with E-state index < -0.39 is 0 Å². The molecule has 6 heterocycles. The molecule has 344 valence electrons. The van der Waals surface area contributed by atoms with Gasteiger partial charge in [-0.3, -0.25) is 4.98 Å². The molecule has 59 heavy (non-hydrogen) atoms. The number of halogens is 2. The van der Waals surface area contributed by atoms with Crippen LogP contribution in [-0.2, 0) is 126 Å². The second-order valence-electron chi connectivity index (χ2n) is 13.9. The molecule has 0 aromatic carbocycles. The Morgan fingerprint density at radius 2 is 0.881 bits per heavy atom. The van der Waals surface area contributed by atoms with E-state index in [-0.39, 0.29) is 22.4 Å². The van der Waals surface area contributed by atoms with E-state index >= 15 is 0 Å². The minimum absolute atomic E-state index is 0. The topological polar surface area (TPSA) is 73.4 Å². The third-order valence-electron chi connectivity index (χ3n) is 9.17. The quantitative estimate of drug-likeness (QED) is 0.0502. The van der Waals surface area contributed by atoms with Crippen LogP contribution in [0, 0.1) is 13.3 Å². The van der Waals surface area contributed by atoms with Gasteiger partial charge in [-0.1, -0.05) is 65.5 Å². The normalized spacial score (nSPS) is 12.5. The molecule has 0 amide bonds. The molecule has 11 nitrogen and oxygen atoms in total. The Labute approximate surface area is 414 Å². The number of unbranched alkanes of at least 4 members (excludes halogenated alkanes) is 4. The molecule has 2 aliphatic heterocycles. The molecule has 6 rings (SSSR count). The molecule has 0 unspecified atom stereocenters. The summed E-state index contributed by atoms with van der Waals surface area (Å²) in [5, 5.41) is 0. The van der Waals surface area contributed by atoms with Gasteiger partial charge in [0.2, 0.25) is 12.7 Å². The van der Waals surface area contributed by atoms with Gasteiger partial charge in [0.25, 0.3) is 0 Å². The van der Waals surface area contributed by atoms with E-state index in [1.165, 1.54) is 51.4 Å². The molecule has 0 aliphatic carbocycles. The van der Waals surface area contributed by atoms with Gasteiger partial charge in [-0.15, -0.1) is 0 Å². The van der Waals surface area contributed by atoms with Gasteiger partial charge in [0.05, 0.1) is 35.9 Å². The molecular weight excluding hydrogens is 1160 g/mol. The summed E-state index contributed by atoms with van der Waals surface area (Å²) >= 11 is 6.54. The minimum atomic E-state index is 0. The van der Waals surface area contributed by atoms with Gasteiger partial charge < -0.3 is 19.6 Å². The monoisotopic (exact) mass is 1220 g/mol. The number of hydrogen-bond acceptors (Lipinski definition) is 7. The Hall–Kier alpha value is -1.26. The van der Waals surface area contributed by atoms with Crippen LogP contribution in [0.2, 0.25) is 0 Å². The summed E-state index contributed by atoms with van der Waals surface area (Å²) in [5.74, 6) is 0. The molecule has 4 aromatic heterocycles. The first-order chi connectivity index (χ1) is 28.5. The summed E-state index contributed by atoms with van der Waals surface area (Å²) in [6.45, 7) is 20.8. The van der Waals surface area contributed by atoms with Gasteiger partial charge in [0, 0.05) is 35.5 Å². The standard InChI is InChI=1S/2C21H31N5.4Ag.2ClH.O/c2*1-3-5-10-23-12-14-25(18-23)16-20-8-7-9-21(22-20)17-26-15-13-24(19-26)11-6-4-2;;;;;;;/h2*7-9,12-15,18-19H,3-6,10-11,16-17H2,1-2H3;;;;;2*1H;/q-2;+2;;;2*+1;;;/p-2. The summed E-state index contributed by atoms with van der Waals surface area (Å²) in [5.41, 5.74) is 4.41. The number of pyridine rings is 2. The SMILES string of the molecule is CCCCN1C=CN(Cc2cccc(CN3C=CN(CCCC)[CH-]3)n2)[CH-]1.CCCCn1cc[n+](Cc2cccc(C[n+]3ccn(CCCC)c3)n2)c1.[Ag].[Cl][Ag].[Cl][Ag].[O]=[Ag]. The molecule has 0 bridgehead atoms. The third-order valence-corrected chi connectivity index (χ3v) is 9.17. The van der Waals surface area contributed by atoms with Crippen molar-refractivity contribution >= 4 is 18.4 Å². The zero-order valence-corrected chi connectivity index (χ0v) is 42.0. The molecule has 0 saturated heterocycles. The van der Waals surface area contributed by atoms with E-state index in [4.69, 9.17) is 13.2 Å². The maximum atomic E-state index is 8.06. The maximum absolute atomic E-state index is 8.06. The Kier molecular flexibility index (Phi) is 33.3. The average Bonchev–Trinajstić information content (AvgIpc) is 4.10. The van der Waals surface area contributed by atoms with Crippen LogP contribution in [0.4, 0.5) is 0 Å². The number of aryl methyl sites for hydroxylation is 2. The van der Waals surface area contributed by atoms with E-state index in [2.05, 4.69) is 236 Å². The van der Waals surface area contributed by atoms with Crippen LogP contribution in [0.1, 0.15) is 102 Å². The molecule has 0 N–H and O–H groups in total. The van der Waals surface area contributed by atoms with Gasteiger partial charge in [0.1, 0.15) is 37.9 Å². The fourth-order valence-corrected chi connectivity index (χ4v) is 6.18. The molecule has 0 atom stereocenters. The van der Waals surface area contributed by atoms with Crippen LogP contribution < -0.4 is 9.13 Å². The first kappa shape index (κ1) is 55.8. The van der Waals surface area contributed by atoms with Gasteiger partial charge in [0.15, 0.2) is 0 Å². The molecule has 0 fully saturated rings. The Balaban J connectivity index is 0.000000516. The van der Waals surface area contributed by atoms with Crippen molar-refractivity contribution in [2.75, 3.05) is 13.1 Å². The van der Waals surface area contributed by atoms with E-state index in [1.807, 2.05) is 0 Å². The van der Waals surface area contributed by atoms with Crippen LogP contribution in [0.25, 0.3) is 0 Å². The average molecular weight is 1230 g/mol. The molecule has 17 heteroatoms. The Bertz CT molecular complexity index is 1600. The fourth-order valence-electron chi connectivity index (χ4n) is 6.18. The zero-order chi connectivity index (χ0) is 42.4. The van der Waals surface area contributed by atoms with E-state index in [0.29, 0.717) is 0 Å². The number of nitrogens with zero attached hydrogens (tertiary/aromatic N) is 10. The van der Waals surface area contributed by atoms with Crippen LogP contribution in [0.15, 0.2) is 98.6 Å². The second kappa shape index (κ2) is 35.2. The number of rotatable bonds is 20. The Morgan fingerprint density at radius 3 is 1.27 bits per heavy atom. The van der Waals surface area contributed by atoms with Gasteiger partial charge in [-0.2, -0.15) is 13.3 Å². The summed E-state index contributed by atoms with van der Waals surface area (Å²) in [6, 6.07) is 12.7. The molecule has 4 aromatic rings. The molecule has 2 aliphatic rings. The molecule has 0 saturated carbocycles. The summed E-state index contributed by atoms with van der Waals surface area (Å²) in [7, 11) is 8.90. The van der Waals surface area contributed by atoms with Crippen LogP contribution >= 0.6 is 18.4 Å². The van der Waals surface area contributed by atoms with Crippen molar-refractivity contribution in [1.82, 2.24) is 38.7 Å². The predicted molar refractivity (Wildman–Crippen MR) is 219 cm³/mol.